The van der Waals surface area contributed by atoms with Gasteiger partial charge in [-0.1, -0.05) is 11.8 Å². The van der Waals surface area contributed by atoms with Crippen LogP contribution in [0.15, 0.2) is 52.3 Å². The van der Waals surface area contributed by atoms with Crippen molar-refractivity contribution in [3.63, 3.8) is 0 Å². The molecule has 0 unspecified atom stereocenters. The average Bonchev–Trinajstić information content (AvgIpc) is 2.34. The first-order valence-corrected chi connectivity index (χ1v) is 6.47. The summed E-state index contributed by atoms with van der Waals surface area (Å²) < 4.78 is 13.6. The molecule has 0 aliphatic carbocycles. The maximum absolute atomic E-state index is 13.6. The van der Waals surface area contributed by atoms with Crippen molar-refractivity contribution in [2.24, 2.45) is 0 Å². The molecule has 0 heterocycles. The van der Waals surface area contributed by atoms with E-state index in [1.54, 1.807) is 24.3 Å². The second kappa shape index (κ2) is 5.75. The zero-order valence-corrected chi connectivity index (χ0v) is 11.1. The second-order valence-electron chi connectivity index (χ2n) is 4.00. The summed E-state index contributed by atoms with van der Waals surface area (Å²) in [6, 6.07) is 11.8. The van der Waals surface area contributed by atoms with E-state index in [1.807, 2.05) is 12.1 Å². The third-order valence-electron chi connectivity index (χ3n) is 2.36. The largest absolute Gasteiger partial charge is 0.399 e. The number of anilines is 2. The number of carbonyl (C=O) groups is 1. The highest BCUT2D eigenvalue weighted by molar-refractivity contribution is 7.99. The molecule has 0 saturated carbocycles. The fourth-order valence-corrected chi connectivity index (χ4v) is 2.36. The Morgan fingerprint density at radius 2 is 1.89 bits per heavy atom. The Morgan fingerprint density at radius 1 is 1.21 bits per heavy atom. The lowest BCUT2D eigenvalue weighted by Gasteiger charge is -2.06. The highest BCUT2D eigenvalue weighted by atomic mass is 32.2. The van der Waals surface area contributed by atoms with Crippen LogP contribution in [0.3, 0.4) is 0 Å². The Morgan fingerprint density at radius 3 is 2.47 bits per heavy atom. The normalized spacial score (nSPS) is 10.2. The van der Waals surface area contributed by atoms with Crippen molar-refractivity contribution in [3.05, 3.63) is 48.3 Å². The molecule has 3 nitrogen and oxygen atoms in total. The molecule has 2 aromatic carbocycles. The van der Waals surface area contributed by atoms with Gasteiger partial charge in [0.2, 0.25) is 5.91 Å². The molecule has 0 bridgehead atoms. The monoisotopic (exact) mass is 276 g/mol. The quantitative estimate of drug-likeness (QED) is 0.843. The van der Waals surface area contributed by atoms with Crippen LogP contribution in [0.25, 0.3) is 0 Å². The number of hydrogen-bond donors (Lipinski definition) is 2. The Kier molecular flexibility index (Phi) is 4.06. The van der Waals surface area contributed by atoms with Gasteiger partial charge in [-0.2, -0.15) is 0 Å². The summed E-state index contributed by atoms with van der Waals surface area (Å²) in [6.07, 6.45) is 0. The Hall–Kier alpha value is -2.01. The van der Waals surface area contributed by atoms with Crippen molar-refractivity contribution in [1.82, 2.24) is 0 Å². The lowest BCUT2D eigenvalue weighted by molar-refractivity contribution is -0.114. The van der Waals surface area contributed by atoms with Crippen LogP contribution >= 0.6 is 11.8 Å². The van der Waals surface area contributed by atoms with Gasteiger partial charge in [0.05, 0.1) is 0 Å². The van der Waals surface area contributed by atoms with Crippen molar-refractivity contribution in [3.8, 4) is 0 Å². The van der Waals surface area contributed by atoms with Crippen LogP contribution in [0.2, 0.25) is 0 Å². The Balaban J connectivity index is 2.13. The summed E-state index contributed by atoms with van der Waals surface area (Å²) in [7, 11) is 0. The minimum Gasteiger partial charge on any atom is -0.399 e. The SMILES string of the molecule is CC(=O)Nc1ccc(Sc2ccc(N)cc2F)cc1. The molecular weight excluding hydrogens is 263 g/mol. The number of nitrogen functional groups attached to an aromatic ring is 1. The average molecular weight is 276 g/mol. The molecule has 0 aromatic heterocycles. The highest BCUT2D eigenvalue weighted by Crippen LogP contribution is 2.31. The van der Waals surface area contributed by atoms with Crippen molar-refractivity contribution in [1.29, 1.82) is 0 Å². The van der Waals surface area contributed by atoms with Gasteiger partial charge in [0.25, 0.3) is 0 Å². The van der Waals surface area contributed by atoms with E-state index in [0.717, 1.165) is 10.6 Å². The molecule has 3 N–H and O–H groups in total. The summed E-state index contributed by atoms with van der Waals surface area (Å²) in [5, 5.41) is 2.68. The third kappa shape index (κ3) is 3.72. The number of benzene rings is 2. The van der Waals surface area contributed by atoms with Gasteiger partial charge in [-0.05, 0) is 42.5 Å². The zero-order valence-electron chi connectivity index (χ0n) is 10.3. The second-order valence-corrected chi connectivity index (χ2v) is 5.11. The van der Waals surface area contributed by atoms with E-state index in [9.17, 15) is 9.18 Å². The van der Waals surface area contributed by atoms with E-state index in [0.29, 0.717) is 10.6 Å². The van der Waals surface area contributed by atoms with Crippen LogP contribution in [-0.4, -0.2) is 5.91 Å². The van der Waals surface area contributed by atoms with Crippen LogP contribution in [0.5, 0.6) is 0 Å². The molecule has 0 aliphatic rings. The smallest absolute Gasteiger partial charge is 0.221 e. The molecule has 98 valence electrons. The van der Waals surface area contributed by atoms with Crippen molar-refractivity contribution in [2.75, 3.05) is 11.1 Å². The number of nitrogens with one attached hydrogen (secondary N) is 1. The molecule has 19 heavy (non-hydrogen) atoms. The highest BCUT2D eigenvalue weighted by Gasteiger charge is 2.05. The van der Waals surface area contributed by atoms with E-state index < -0.39 is 0 Å². The summed E-state index contributed by atoms with van der Waals surface area (Å²) in [5.74, 6) is -0.457. The Labute approximate surface area is 115 Å². The van der Waals surface area contributed by atoms with Gasteiger partial charge in [0.15, 0.2) is 0 Å². The predicted molar refractivity (Wildman–Crippen MR) is 75.7 cm³/mol. The maximum Gasteiger partial charge on any atom is 0.221 e. The number of hydrogen-bond acceptors (Lipinski definition) is 3. The van der Waals surface area contributed by atoms with Crippen molar-refractivity contribution < 1.29 is 9.18 Å². The lowest BCUT2D eigenvalue weighted by Crippen LogP contribution is -2.05. The van der Waals surface area contributed by atoms with Crippen LogP contribution in [0.1, 0.15) is 6.92 Å². The third-order valence-corrected chi connectivity index (χ3v) is 3.42. The summed E-state index contributed by atoms with van der Waals surface area (Å²) in [5.41, 5.74) is 6.62. The van der Waals surface area contributed by atoms with Crippen molar-refractivity contribution in [2.45, 2.75) is 16.7 Å². The molecule has 2 rings (SSSR count). The minimum absolute atomic E-state index is 0.120. The minimum atomic E-state index is -0.337. The van der Waals surface area contributed by atoms with Crippen LogP contribution in [0, 0.1) is 5.82 Å². The van der Waals surface area contributed by atoms with Crippen molar-refractivity contribution >= 4 is 29.0 Å². The topological polar surface area (TPSA) is 55.1 Å². The van der Waals surface area contributed by atoms with Gasteiger partial charge < -0.3 is 11.1 Å². The van der Waals surface area contributed by atoms with Gasteiger partial charge >= 0.3 is 0 Å². The van der Waals surface area contributed by atoms with Crippen LogP contribution in [-0.2, 0) is 4.79 Å². The number of halogens is 1. The molecule has 0 fully saturated rings. The standard InChI is InChI=1S/C14H13FN2OS/c1-9(18)17-11-3-5-12(6-4-11)19-14-7-2-10(16)8-13(14)15/h2-8H,16H2,1H3,(H,17,18). The zero-order chi connectivity index (χ0) is 13.8. The molecule has 0 atom stereocenters. The van der Waals surface area contributed by atoms with E-state index in [-0.39, 0.29) is 11.7 Å². The molecule has 2 aromatic rings. The number of rotatable bonds is 3. The van der Waals surface area contributed by atoms with Gasteiger partial charge in [0, 0.05) is 28.1 Å². The van der Waals surface area contributed by atoms with Crippen LogP contribution < -0.4 is 11.1 Å². The summed E-state index contributed by atoms with van der Waals surface area (Å²) in [4.78, 5) is 12.3. The molecule has 0 aliphatic heterocycles. The van der Waals surface area contributed by atoms with Crippen LogP contribution in [0.4, 0.5) is 15.8 Å². The van der Waals surface area contributed by atoms with Gasteiger partial charge in [-0.3, -0.25) is 4.79 Å². The van der Waals surface area contributed by atoms with Gasteiger partial charge in [-0.25, -0.2) is 4.39 Å². The first kappa shape index (κ1) is 13.4. The molecule has 0 saturated heterocycles. The van der Waals surface area contributed by atoms with E-state index in [4.69, 9.17) is 5.73 Å². The molecule has 0 radical (unpaired) electrons. The molecular formula is C14H13FN2OS. The Bertz CT molecular complexity index is 599. The first-order chi connectivity index (χ1) is 9.04. The summed E-state index contributed by atoms with van der Waals surface area (Å²) >= 11 is 1.31. The fourth-order valence-electron chi connectivity index (χ4n) is 1.54. The molecule has 1 amide bonds. The van der Waals surface area contributed by atoms with Gasteiger partial charge in [0.1, 0.15) is 5.82 Å². The summed E-state index contributed by atoms with van der Waals surface area (Å²) in [6.45, 7) is 1.45. The first-order valence-electron chi connectivity index (χ1n) is 5.65. The van der Waals surface area contributed by atoms with E-state index in [2.05, 4.69) is 5.32 Å². The number of amides is 1. The lowest BCUT2D eigenvalue weighted by atomic mass is 10.3. The molecule has 0 spiro atoms. The fraction of sp³-hybridized carbons (Fsp3) is 0.0714. The van der Waals surface area contributed by atoms with E-state index >= 15 is 0 Å². The van der Waals surface area contributed by atoms with Gasteiger partial charge in [-0.15, -0.1) is 0 Å². The number of nitrogens with two attached hydrogens (primary N) is 1. The predicted octanol–water partition coefficient (Wildman–Crippen LogP) is 3.52. The number of carbonyl (C=O) groups excluding carboxylic acids is 1. The molecule has 5 heteroatoms. The maximum atomic E-state index is 13.6. The van der Waals surface area contributed by atoms with E-state index in [1.165, 1.54) is 24.8 Å².